The van der Waals surface area contributed by atoms with Crippen LogP contribution in [0.4, 0.5) is 0 Å². The highest BCUT2D eigenvalue weighted by Crippen LogP contribution is 2.11. The summed E-state index contributed by atoms with van der Waals surface area (Å²) in [5.41, 5.74) is 6.84. The van der Waals surface area contributed by atoms with Crippen molar-refractivity contribution in [2.75, 3.05) is 20.2 Å². The largest absolute Gasteiger partial charge is 0.497 e. The van der Waals surface area contributed by atoms with E-state index in [4.69, 9.17) is 15.6 Å². The fourth-order valence-corrected chi connectivity index (χ4v) is 1.41. The van der Waals surface area contributed by atoms with Crippen LogP contribution in [0.2, 0.25) is 0 Å². The lowest BCUT2D eigenvalue weighted by atomic mass is 10.1. The Balaban J connectivity index is 2.30. The smallest absolute Gasteiger partial charge is 0.188 e. The molecular weight excluding hydrogens is 230 g/mol. The lowest BCUT2D eigenvalue weighted by Gasteiger charge is -2.07. The second kappa shape index (κ2) is 7.55. The maximum atomic E-state index is 9.05. The van der Waals surface area contributed by atoms with E-state index in [0.717, 1.165) is 12.2 Å². The Bertz CT molecular complexity index is 374. The van der Waals surface area contributed by atoms with Gasteiger partial charge in [0.25, 0.3) is 0 Å². The fraction of sp³-hybridized carbons (Fsp3) is 0.462. The van der Waals surface area contributed by atoms with Crippen LogP contribution in [0.15, 0.2) is 29.3 Å². The van der Waals surface area contributed by atoms with Crippen LogP contribution < -0.4 is 15.8 Å². The maximum Gasteiger partial charge on any atom is 0.188 e. The number of ether oxygens (including phenoxy) is 1. The van der Waals surface area contributed by atoms with E-state index in [0.29, 0.717) is 19.0 Å². The van der Waals surface area contributed by atoms with E-state index < -0.39 is 6.10 Å². The van der Waals surface area contributed by atoms with E-state index in [1.54, 1.807) is 14.0 Å². The number of nitrogens with one attached hydrogen (secondary N) is 1. The third kappa shape index (κ3) is 5.54. The number of nitrogens with zero attached hydrogens (tertiary/aromatic N) is 1. The van der Waals surface area contributed by atoms with E-state index in [1.807, 2.05) is 24.3 Å². The molecule has 5 nitrogen and oxygen atoms in total. The van der Waals surface area contributed by atoms with Crippen molar-refractivity contribution in [1.29, 1.82) is 0 Å². The minimum absolute atomic E-state index is 0.321. The van der Waals surface area contributed by atoms with Crippen LogP contribution in [0.3, 0.4) is 0 Å². The van der Waals surface area contributed by atoms with Crippen molar-refractivity contribution in [1.82, 2.24) is 5.32 Å². The topological polar surface area (TPSA) is 79.9 Å². The number of hydrogen-bond acceptors (Lipinski definition) is 3. The maximum absolute atomic E-state index is 9.05. The van der Waals surface area contributed by atoms with Gasteiger partial charge in [-0.15, -0.1) is 0 Å². The lowest BCUT2D eigenvalue weighted by Crippen LogP contribution is -2.34. The van der Waals surface area contributed by atoms with E-state index in [-0.39, 0.29) is 0 Å². The Morgan fingerprint density at radius 2 is 2.11 bits per heavy atom. The third-order valence-electron chi connectivity index (χ3n) is 2.40. The van der Waals surface area contributed by atoms with Crippen molar-refractivity contribution in [2.45, 2.75) is 19.4 Å². The molecule has 0 aliphatic heterocycles. The summed E-state index contributed by atoms with van der Waals surface area (Å²) in [6, 6.07) is 7.90. The minimum Gasteiger partial charge on any atom is -0.497 e. The van der Waals surface area contributed by atoms with E-state index in [1.165, 1.54) is 5.56 Å². The molecule has 0 radical (unpaired) electrons. The van der Waals surface area contributed by atoms with E-state index >= 15 is 0 Å². The Labute approximate surface area is 108 Å². The number of rotatable bonds is 6. The highest BCUT2D eigenvalue weighted by Gasteiger charge is 1.97. The summed E-state index contributed by atoms with van der Waals surface area (Å²) in [5.74, 6) is 1.22. The van der Waals surface area contributed by atoms with Gasteiger partial charge in [-0.05, 0) is 31.0 Å². The summed E-state index contributed by atoms with van der Waals surface area (Å²) in [7, 11) is 1.65. The molecule has 1 rings (SSSR count). The summed E-state index contributed by atoms with van der Waals surface area (Å²) in [6.07, 6.45) is 0.390. The summed E-state index contributed by atoms with van der Waals surface area (Å²) in [4.78, 5) is 4.00. The van der Waals surface area contributed by atoms with Gasteiger partial charge in [0.15, 0.2) is 5.96 Å². The molecule has 0 fully saturated rings. The van der Waals surface area contributed by atoms with Crippen molar-refractivity contribution in [3.05, 3.63) is 29.8 Å². The molecule has 0 aliphatic rings. The summed E-state index contributed by atoms with van der Waals surface area (Å²) in [6.45, 7) is 2.71. The molecule has 0 spiro atoms. The molecule has 1 aromatic carbocycles. The van der Waals surface area contributed by atoms with Crippen molar-refractivity contribution < 1.29 is 9.84 Å². The van der Waals surface area contributed by atoms with Gasteiger partial charge in [0.2, 0.25) is 0 Å². The predicted octanol–water partition coefficient (Wildman–Crippen LogP) is 0.523. The Hall–Kier alpha value is -1.75. The molecule has 1 unspecified atom stereocenters. The van der Waals surface area contributed by atoms with Gasteiger partial charge in [-0.2, -0.15) is 0 Å². The van der Waals surface area contributed by atoms with Gasteiger partial charge in [0.05, 0.1) is 19.8 Å². The summed E-state index contributed by atoms with van der Waals surface area (Å²) >= 11 is 0. The molecule has 18 heavy (non-hydrogen) atoms. The molecule has 0 saturated heterocycles. The first-order valence-corrected chi connectivity index (χ1v) is 5.96. The van der Waals surface area contributed by atoms with Crippen LogP contribution in [0.5, 0.6) is 5.75 Å². The monoisotopic (exact) mass is 251 g/mol. The number of guanidine groups is 1. The minimum atomic E-state index is -0.466. The number of aliphatic imine (C=N–C) groups is 1. The van der Waals surface area contributed by atoms with Gasteiger partial charge >= 0.3 is 0 Å². The highest BCUT2D eigenvalue weighted by molar-refractivity contribution is 5.77. The number of hydrogen-bond donors (Lipinski definition) is 3. The molecule has 100 valence electrons. The number of aliphatic hydroxyl groups is 1. The van der Waals surface area contributed by atoms with Gasteiger partial charge in [0.1, 0.15) is 5.75 Å². The normalized spacial score (nSPS) is 13.2. The first kappa shape index (κ1) is 14.3. The number of aliphatic hydroxyl groups excluding tert-OH is 1. The first-order chi connectivity index (χ1) is 8.61. The zero-order valence-corrected chi connectivity index (χ0v) is 10.9. The quantitative estimate of drug-likeness (QED) is 0.509. The second-order valence-corrected chi connectivity index (χ2v) is 4.10. The molecule has 0 bridgehead atoms. The first-order valence-electron chi connectivity index (χ1n) is 5.96. The van der Waals surface area contributed by atoms with Crippen molar-refractivity contribution in [3.8, 4) is 5.75 Å². The molecule has 5 heteroatoms. The second-order valence-electron chi connectivity index (χ2n) is 4.10. The van der Waals surface area contributed by atoms with Gasteiger partial charge in [-0.3, -0.25) is 4.99 Å². The van der Waals surface area contributed by atoms with Crippen LogP contribution in [0.1, 0.15) is 12.5 Å². The van der Waals surface area contributed by atoms with Gasteiger partial charge in [0, 0.05) is 6.54 Å². The lowest BCUT2D eigenvalue weighted by molar-refractivity contribution is 0.204. The molecule has 1 aromatic rings. The molecule has 0 saturated carbocycles. The molecule has 0 amide bonds. The Kier molecular flexibility index (Phi) is 6.00. The van der Waals surface area contributed by atoms with Gasteiger partial charge in [-0.1, -0.05) is 12.1 Å². The Morgan fingerprint density at radius 3 is 2.67 bits per heavy atom. The standard InChI is InChI=1S/C13H21N3O2/c1-10(17)9-16-13(14)15-8-7-11-3-5-12(18-2)6-4-11/h3-6,10,17H,7-9H2,1-2H3,(H3,14,15,16). The number of benzene rings is 1. The van der Waals surface area contributed by atoms with Crippen LogP contribution in [0.25, 0.3) is 0 Å². The summed E-state index contributed by atoms with van der Waals surface area (Å²) < 4.78 is 5.09. The van der Waals surface area contributed by atoms with E-state index in [2.05, 4.69) is 10.3 Å². The number of methoxy groups -OCH3 is 1. The molecule has 1 atom stereocenters. The molecule has 0 aliphatic carbocycles. The zero-order chi connectivity index (χ0) is 13.4. The van der Waals surface area contributed by atoms with Crippen molar-refractivity contribution in [3.63, 3.8) is 0 Å². The third-order valence-corrected chi connectivity index (χ3v) is 2.40. The van der Waals surface area contributed by atoms with E-state index in [9.17, 15) is 0 Å². The molecule has 0 heterocycles. The van der Waals surface area contributed by atoms with Crippen LogP contribution in [-0.4, -0.2) is 37.4 Å². The van der Waals surface area contributed by atoms with Gasteiger partial charge in [-0.25, -0.2) is 0 Å². The van der Waals surface area contributed by atoms with Crippen molar-refractivity contribution in [2.24, 2.45) is 10.7 Å². The molecular formula is C13H21N3O2. The number of nitrogens with two attached hydrogens (primary N) is 1. The average molecular weight is 251 g/mol. The Morgan fingerprint density at radius 1 is 1.44 bits per heavy atom. The zero-order valence-electron chi connectivity index (χ0n) is 10.9. The fourth-order valence-electron chi connectivity index (χ4n) is 1.41. The SMILES string of the molecule is COc1ccc(CCNC(N)=NCC(C)O)cc1. The average Bonchev–Trinajstić information content (AvgIpc) is 2.37. The predicted molar refractivity (Wildman–Crippen MR) is 72.9 cm³/mol. The molecule has 0 aromatic heterocycles. The van der Waals surface area contributed by atoms with Crippen LogP contribution >= 0.6 is 0 Å². The van der Waals surface area contributed by atoms with Crippen molar-refractivity contribution >= 4 is 5.96 Å². The molecule has 4 N–H and O–H groups in total. The van der Waals surface area contributed by atoms with Gasteiger partial charge < -0.3 is 20.9 Å². The van der Waals surface area contributed by atoms with Crippen LogP contribution in [-0.2, 0) is 6.42 Å². The van der Waals surface area contributed by atoms with Crippen LogP contribution in [0, 0.1) is 0 Å². The summed E-state index contributed by atoms with van der Waals surface area (Å²) in [5, 5.41) is 12.1. The highest BCUT2D eigenvalue weighted by atomic mass is 16.5.